The Bertz CT molecular complexity index is 121. The molecule has 1 unspecified atom stereocenters. The highest BCUT2D eigenvalue weighted by Crippen LogP contribution is 1.97. The van der Waals surface area contributed by atoms with Crippen molar-refractivity contribution >= 4 is 5.97 Å². The lowest BCUT2D eigenvalue weighted by Gasteiger charge is -2.05. The van der Waals surface area contributed by atoms with Crippen molar-refractivity contribution in [3.8, 4) is 0 Å². The fraction of sp³-hybridized carbons (Fsp3) is 0.800. The van der Waals surface area contributed by atoms with Gasteiger partial charge in [0.25, 0.3) is 0 Å². The van der Waals surface area contributed by atoms with Gasteiger partial charge in [0.05, 0.1) is 13.2 Å². The van der Waals surface area contributed by atoms with Crippen LogP contribution in [0.3, 0.4) is 0 Å². The van der Waals surface area contributed by atoms with Gasteiger partial charge < -0.3 is 14.6 Å². The van der Waals surface area contributed by atoms with Crippen molar-refractivity contribution in [1.82, 2.24) is 5.32 Å². The molecule has 5 nitrogen and oxygen atoms in total. The third-order valence-corrected chi connectivity index (χ3v) is 1.10. The molecule has 1 rings (SSSR count). The number of ether oxygens (including phenoxy) is 2. The highest BCUT2D eigenvalue weighted by atomic mass is 16.7. The third-order valence-electron chi connectivity index (χ3n) is 1.10. The summed E-state index contributed by atoms with van der Waals surface area (Å²) in [5, 5.41) is 10.8. The van der Waals surface area contributed by atoms with Gasteiger partial charge in [-0.25, -0.2) is 0 Å². The van der Waals surface area contributed by atoms with E-state index in [1.165, 1.54) is 0 Å². The van der Waals surface area contributed by atoms with Crippen LogP contribution in [-0.2, 0) is 14.3 Å². The van der Waals surface area contributed by atoms with Gasteiger partial charge in [-0.1, -0.05) is 0 Å². The molecule has 1 fully saturated rings. The lowest BCUT2D eigenvalue weighted by Crippen LogP contribution is -2.34. The summed E-state index contributed by atoms with van der Waals surface area (Å²) in [5.41, 5.74) is 0. The number of nitrogens with one attached hydrogen (secondary N) is 1. The molecule has 5 heteroatoms. The van der Waals surface area contributed by atoms with E-state index >= 15 is 0 Å². The van der Waals surface area contributed by atoms with Gasteiger partial charge in [0.2, 0.25) is 0 Å². The van der Waals surface area contributed by atoms with E-state index in [-0.39, 0.29) is 19.6 Å². The molecule has 1 atom stereocenters. The highest BCUT2D eigenvalue weighted by molar-refractivity contribution is 5.69. The molecule has 0 saturated carbocycles. The van der Waals surface area contributed by atoms with Crippen molar-refractivity contribution in [2.24, 2.45) is 0 Å². The average molecular weight is 147 g/mol. The van der Waals surface area contributed by atoms with Gasteiger partial charge in [0.1, 0.15) is 13.0 Å². The van der Waals surface area contributed by atoms with Crippen molar-refractivity contribution in [3.63, 3.8) is 0 Å². The van der Waals surface area contributed by atoms with Gasteiger partial charge in [-0.05, 0) is 0 Å². The van der Waals surface area contributed by atoms with Gasteiger partial charge in [0.15, 0.2) is 0 Å². The number of hydrogen-bond acceptors (Lipinski definition) is 4. The average Bonchev–Trinajstić information content (AvgIpc) is 2.34. The molecule has 1 saturated heterocycles. The molecule has 0 bridgehead atoms. The molecular formula is C5H9NO4. The molecule has 0 aromatic carbocycles. The van der Waals surface area contributed by atoms with Crippen molar-refractivity contribution in [1.29, 1.82) is 0 Å². The minimum Gasteiger partial charge on any atom is -0.480 e. The second kappa shape index (κ2) is 3.50. The molecule has 0 radical (unpaired) electrons. The maximum absolute atomic E-state index is 10.00. The molecule has 2 N–H and O–H groups in total. The van der Waals surface area contributed by atoms with E-state index in [9.17, 15) is 4.79 Å². The fourth-order valence-electron chi connectivity index (χ4n) is 0.653. The Morgan fingerprint density at radius 1 is 1.80 bits per heavy atom. The molecule has 1 aliphatic rings. The molecule has 0 amide bonds. The zero-order valence-electron chi connectivity index (χ0n) is 5.37. The highest BCUT2D eigenvalue weighted by Gasteiger charge is 2.15. The van der Waals surface area contributed by atoms with E-state index in [4.69, 9.17) is 14.6 Å². The third kappa shape index (κ3) is 2.30. The molecule has 0 aliphatic carbocycles. The predicted octanol–water partition coefficient (Wildman–Crippen LogP) is -1.01. The summed E-state index contributed by atoms with van der Waals surface area (Å²) in [6.45, 7) is 0.582. The Labute approximate surface area is 57.9 Å². The Balaban J connectivity index is 2.07. The van der Waals surface area contributed by atoms with Gasteiger partial charge in [-0.15, -0.1) is 0 Å². The smallest absolute Gasteiger partial charge is 0.317 e. The Kier molecular flexibility index (Phi) is 2.61. The minimum atomic E-state index is -0.893. The SMILES string of the molecule is O=C(O)CNC1COCO1. The first-order chi connectivity index (χ1) is 4.79. The summed E-state index contributed by atoms with van der Waals surface area (Å²) in [6, 6.07) is 0. The maximum Gasteiger partial charge on any atom is 0.317 e. The normalized spacial score (nSPS) is 25.0. The predicted molar refractivity (Wildman–Crippen MR) is 31.3 cm³/mol. The van der Waals surface area contributed by atoms with E-state index in [2.05, 4.69) is 5.32 Å². The first kappa shape index (κ1) is 7.46. The van der Waals surface area contributed by atoms with E-state index in [0.717, 1.165) is 0 Å². The summed E-state index contributed by atoms with van der Waals surface area (Å²) in [7, 11) is 0. The summed E-state index contributed by atoms with van der Waals surface area (Å²) >= 11 is 0. The van der Waals surface area contributed by atoms with Crippen LogP contribution in [0, 0.1) is 0 Å². The van der Waals surface area contributed by atoms with Crippen LogP contribution in [0.15, 0.2) is 0 Å². The topological polar surface area (TPSA) is 67.8 Å². The zero-order chi connectivity index (χ0) is 7.40. The molecule has 58 valence electrons. The zero-order valence-corrected chi connectivity index (χ0v) is 5.37. The van der Waals surface area contributed by atoms with Crippen LogP contribution in [0.25, 0.3) is 0 Å². The van der Waals surface area contributed by atoms with E-state index < -0.39 is 5.97 Å². The van der Waals surface area contributed by atoms with Gasteiger partial charge in [0, 0.05) is 0 Å². The summed E-state index contributed by atoms with van der Waals surface area (Å²) < 4.78 is 9.72. The second-order valence-electron chi connectivity index (χ2n) is 1.92. The minimum absolute atomic E-state index is 0.0893. The van der Waals surface area contributed by atoms with E-state index in [1.54, 1.807) is 0 Å². The molecule has 1 aliphatic heterocycles. The molecule has 10 heavy (non-hydrogen) atoms. The number of rotatable bonds is 3. The monoisotopic (exact) mass is 147 g/mol. The fourth-order valence-corrected chi connectivity index (χ4v) is 0.653. The van der Waals surface area contributed by atoms with Crippen LogP contribution in [0.2, 0.25) is 0 Å². The lowest BCUT2D eigenvalue weighted by atomic mass is 10.5. The molecule has 0 aromatic heterocycles. The van der Waals surface area contributed by atoms with Crippen LogP contribution in [0.5, 0.6) is 0 Å². The summed E-state index contributed by atoms with van der Waals surface area (Å²) in [4.78, 5) is 10.00. The van der Waals surface area contributed by atoms with Gasteiger partial charge in [-0.3, -0.25) is 10.1 Å². The van der Waals surface area contributed by atoms with Crippen molar-refractivity contribution in [2.45, 2.75) is 6.23 Å². The van der Waals surface area contributed by atoms with Crippen LogP contribution in [0.4, 0.5) is 0 Å². The summed E-state index contributed by atoms with van der Waals surface area (Å²) in [5.74, 6) is -0.893. The number of hydrogen-bond donors (Lipinski definition) is 2. The van der Waals surface area contributed by atoms with Crippen LogP contribution >= 0.6 is 0 Å². The van der Waals surface area contributed by atoms with Gasteiger partial charge in [-0.2, -0.15) is 0 Å². The molecule has 0 aromatic rings. The van der Waals surface area contributed by atoms with Crippen molar-refractivity contribution in [3.05, 3.63) is 0 Å². The van der Waals surface area contributed by atoms with Crippen molar-refractivity contribution < 1.29 is 19.4 Å². The van der Waals surface area contributed by atoms with Crippen LogP contribution < -0.4 is 5.32 Å². The largest absolute Gasteiger partial charge is 0.480 e. The first-order valence-corrected chi connectivity index (χ1v) is 2.93. The van der Waals surface area contributed by atoms with Crippen LogP contribution in [0.1, 0.15) is 0 Å². The standard InChI is InChI=1S/C5H9NO4/c7-5(8)1-6-4-2-9-3-10-4/h4,6H,1-3H2,(H,7,8). The summed E-state index contributed by atoms with van der Waals surface area (Å²) in [6.07, 6.45) is -0.254. The number of carboxylic acid groups (broad SMARTS) is 1. The molecule has 0 spiro atoms. The van der Waals surface area contributed by atoms with E-state index in [0.29, 0.717) is 6.61 Å². The molecular weight excluding hydrogens is 138 g/mol. The Morgan fingerprint density at radius 2 is 2.60 bits per heavy atom. The molecule has 1 heterocycles. The number of carboxylic acids is 1. The van der Waals surface area contributed by atoms with Crippen molar-refractivity contribution in [2.75, 3.05) is 19.9 Å². The first-order valence-electron chi connectivity index (χ1n) is 2.93. The Morgan fingerprint density at radius 3 is 3.10 bits per heavy atom. The lowest BCUT2D eigenvalue weighted by molar-refractivity contribution is -0.136. The van der Waals surface area contributed by atoms with Crippen LogP contribution in [-0.4, -0.2) is 37.2 Å². The van der Waals surface area contributed by atoms with Gasteiger partial charge >= 0.3 is 5.97 Å². The number of carbonyl (C=O) groups is 1. The second-order valence-corrected chi connectivity index (χ2v) is 1.92. The maximum atomic E-state index is 10.00. The quantitative estimate of drug-likeness (QED) is 0.535. The van der Waals surface area contributed by atoms with E-state index in [1.807, 2.05) is 0 Å². The number of aliphatic carboxylic acids is 1. The Hall–Kier alpha value is -0.650.